The van der Waals surface area contributed by atoms with E-state index >= 15 is 0 Å². The van der Waals surface area contributed by atoms with E-state index in [4.69, 9.17) is 9.47 Å². The summed E-state index contributed by atoms with van der Waals surface area (Å²) in [7, 11) is 3.15. The molecule has 1 N–H and O–H groups in total. The van der Waals surface area contributed by atoms with Crippen LogP contribution in [0.3, 0.4) is 0 Å². The lowest BCUT2D eigenvalue weighted by Gasteiger charge is -2.37. The number of ether oxygens (including phenoxy) is 2. The Morgan fingerprint density at radius 2 is 2.06 bits per heavy atom. The van der Waals surface area contributed by atoms with Gasteiger partial charge in [0.05, 0.1) is 19.2 Å². The minimum absolute atomic E-state index is 0.0297. The summed E-state index contributed by atoms with van der Waals surface area (Å²) in [4.78, 5) is 37.2. The second kappa shape index (κ2) is 11.6. The van der Waals surface area contributed by atoms with Crippen molar-refractivity contribution in [1.29, 1.82) is 0 Å². The third-order valence-corrected chi connectivity index (χ3v) is 5.70. The molecule has 0 saturated carbocycles. The van der Waals surface area contributed by atoms with Crippen LogP contribution in [0.1, 0.15) is 35.3 Å². The fourth-order valence-electron chi connectivity index (χ4n) is 3.57. The minimum Gasteiger partial charge on any atom is -0.472 e. The zero-order chi connectivity index (χ0) is 24.7. The maximum absolute atomic E-state index is 13.4. The quantitative estimate of drug-likeness (QED) is 0.638. The number of hydrogen-bond acceptors (Lipinski definition) is 7. The van der Waals surface area contributed by atoms with E-state index < -0.39 is 12.1 Å². The molecule has 9 nitrogen and oxygen atoms in total. The number of aliphatic hydroxyl groups is 1. The summed E-state index contributed by atoms with van der Waals surface area (Å²) < 4.78 is 11.1. The molecule has 2 aromatic rings. The minimum atomic E-state index is -0.424. The van der Waals surface area contributed by atoms with Crippen molar-refractivity contribution < 1.29 is 24.2 Å². The number of methoxy groups -OCH3 is 1. The van der Waals surface area contributed by atoms with E-state index in [2.05, 4.69) is 21.8 Å². The van der Waals surface area contributed by atoms with Crippen molar-refractivity contribution in [3.63, 3.8) is 0 Å². The Morgan fingerprint density at radius 1 is 1.35 bits per heavy atom. The Morgan fingerprint density at radius 3 is 2.74 bits per heavy atom. The van der Waals surface area contributed by atoms with Gasteiger partial charge in [0, 0.05) is 56.3 Å². The first-order valence-corrected chi connectivity index (χ1v) is 11.1. The maximum atomic E-state index is 13.4. The van der Waals surface area contributed by atoms with Gasteiger partial charge in [-0.25, -0.2) is 4.98 Å². The van der Waals surface area contributed by atoms with Crippen molar-refractivity contribution in [3.8, 4) is 17.7 Å². The molecule has 0 fully saturated rings. The van der Waals surface area contributed by atoms with Crippen molar-refractivity contribution in [2.24, 2.45) is 5.92 Å². The fourth-order valence-corrected chi connectivity index (χ4v) is 3.57. The van der Waals surface area contributed by atoms with Crippen molar-refractivity contribution in [2.45, 2.75) is 26.0 Å². The van der Waals surface area contributed by atoms with Crippen LogP contribution in [0.2, 0.25) is 0 Å². The number of pyridine rings is 2. The topological polar surface area (TPSA) is 105 Å². The van der Waals surface area contributed by atoms with Crippen molar-refractivity contribution in [1.82, 2.24) is 19.8 Å². The number of aromatic nitrogens is 2. The molecule has 0 spiro atoms. The number of fused-ring (bicyclic) bond motifs is 1. The summed E-state index contributed by atoms with van der Waals surface area (Å²) in [5, 5.41) is 9.77. The van der Waals surface area contributed by atoms with Gasteiger partial charge in [-0.05, 0) is 25.1 Å². The summed E-state index contributed by atoms with van der Waals surface area (Å²) in [5.74, 6) is 5.65. The van der Waals surface area contributed by atoms with Crippen LogP contribution < -0.4 is 4.74 Å². The molecule has 0 radical (unpaired) electrons. The monoisotopic (exact) mass is 466 g/mol. The van der Waals surface area contributed by atoms with Gasteiger partial charge in [0.25, 0.3) is 5.91 Å². The molecule has 0 bridgehead atoms. The Labute approximate surface area is 199 Å². The van der Waals surface area contributed by atoms with Crippen LogP contribution in [0.15, 0.2) is 36.8 Å². The van der Waals surface area contributed by atoms with Gasteiger partial charge in [0.15, 0.2) is 0 Å². The third-order valence-electron chi connectivity index (χ3n) is 5.70. The zero-order valence-corrected chi connectivity index (χ0v) is 19.9. The highest BCUT2D eigenvalue weighted by atomic mass is 16.5. The number of nitrogens with zero attached hydrogens (tertiary/aromatic N) is 4. The van der Waals surface area contributed by atoms with Crippen molar-refractivity contribution in [3.05, 3.63) is 53.5 Å². The molecule has 1 aliphatic rings. The van der Waals surface area contributed by atoms with E-state index in [1.54, 1.807) is 60.6 Å². The molecular weight excluding hydrogens is 436 g/mol. The molecule has 180 valence electrons. The standard InChI is InChI=1S/C25H30N4O5/c1-17-13-29(18(2)15-30)25(32)21-11-20(6-5-19-7-9-26-10-8-19)12-27-24(21)34-22(17)14-28(3)23(31)16-33-4/h7-12,17-18,22,30H,13-16H2,1-4H3/t17-,18-,22-/m0/s1. The second-order valence-corrected chi connectivity index (χ2v) is 8.39. The molecule has 0 unspecified atom stereocenters. The predicted octanol–water partition coefficient (Wildman–Crippen LogP) is 1.20. The first kappa shape index (κ1) is 25.1. The van der Waals surface area contributed by atoms with Crippen molar-refractivity contribution in [2.75, 3.05) is 40.5 Å². The van der Waals surface area contributed by atoms with Crippen LogP contribution in [0.5, 0.6) is 5.88 Å². The van der Waals surface area contributed by atoms with Crippen LogP contribution in [0.4, 0.5) is 0 Å². The first-order chi connectivity index (χ1) is 16.3. The van der Waals surface area contributed by atoms with Gasteiger partial charge in [0.2, 0.25) is 11.8 Å². The number of carbonyl (C=O) groups excluding carboxylic acids is 2. The summed E-state index contributed by atoms with van der Waals surface area (Å²) in [6, 6.07) is 4.84. The molecule has 2 amide bonds. The average Bonchev–Trinajstić information content (AvgIpc) is 2.85. The summed E-state index contributed by atoms with van der Waals surface area (Å²) in [6.45, 7) is 4.17. The SMILES string of the molecule is COCC(=O)N(C)C[C@@H]1Oc2ncc(C#Cc3ccncc3)cc2C(=O)N([C@@H](C)CO)C[C@@H]1C. The number of rotatable bonds is 6. The van der Waals surface area contributed by atoms with E-state index in [0.717, 1.165) is 5.56 Å². The lowest BCUT2D eigenvalue weighted by molar-refractivity contribution is -0.135. The van der Waals surface area contributed by atoms with Gasteiger partial charge in [-0.3, -0.25) is 14.6 Å². The highest BCUT2D eigenvalue weighted by Gasteiger charge is 2.34. The van der Waals surface area contributed by atoms with Gasteiger partial charge in [-0.15, -0.1) is 0 Å². The van der Waals surface area contributed by atoms with E-state index in [1.807, 2.05) is 6.92 Å². The van der Waals surface area contributed by atoms with Gasteiger partial charge in [-0.2, -0.15) is 0 Å². The predicted molar refractivity (Wildman–Crippen MR) is 125 cm³/mol. The van der Waals surface area contributed by atoms with E-state index in [9.17, 15) is 14.7 Å². The molecule has 0 saturated heterocycles. The zero-order valence-electron chi connectivity index (χ0n) is 19.9. The first-order valence-electron chi connectivity index (χ1n) is 11.1. The van der Waals surface area contributed by atoms with E-state index in [0.29, 0.717) is 18.7 Å². The summed E-state index contributed by atoms with van der Waals surface area (Å²) >= 11 is 0. The average molecular weight is 467 g/mol. The number of amides is 2. The molecular formula is C25H30N4O5. The van der Waals surface area contributed by atoms with E-state index in [-0.39, 0.29) is 42.4 Å². The van der Waals surface area contributed by atoms with Gasteiger partial charge >= 0.3 is 0 Å². The highest BCUT2D eigenvalue weighted by molar-refractivity contribution is 5.97. The lowest BCUT2D eigenvalue weighted by atomic mass is 10.00. The van der Waals surface area contributed by atoms with Crippen LogP contribution >= 0.6 is 0 Å². The third kappa shape index (κ3) is 6.10. The van der Waals surface area contributed by atoms with Crippen molar-refractivity contribution >= 4 is 11.8 Å². The largest absolute Gasteiger partial charge is 0.472 e. The van der Waals surface area contributed by atoms with E-state index in [1.165, 1.54) is 7.11 Å². The molecule has 0 aliphatic carbocycles. The Balaban J connectivity index is 1.96. The lowest BCUT2D eigenvalue weighted by Crippen LogP contribution is -2.50. The second-order valence-electron chi connectivity index (χ2n) is 8.39. The van der Waals surface area contributed by atoms with Crippen LogP contribution in [0.25, 0.3) is 0 Å². The molecule has 3 heterocycles. The number of aliphatic hydroxyl groups excluding tert-OH is 1. The number of likely N-dealkylation sites (N-methyl/N-ethyl adjacent to an activating group) is 1. The maximum Gasteiger partial charge on any atom is 0.259 e. The van der Waals surface area contributed by atoms with Gasteiger partial charge < -0.3 is 24.4 Å². The Hall–Kier alpha value is -3.48. The molecule has 0 aromatic carbocycles. The fraction of sp³-hybridized carbons (Fsp3) is 0.440. The molecule has 9 heteroatoms. The van der Waals surface area contributed by atoms with Crippen LogP contribution in [-0.4, -0.2) is 89.3 Å². The summed E-state index contributed by atoms with van der Waals surface area (Å²) in [6.07, 6.45) is 4.45. The molecule has 34 heavy (non-hydrogen) atoms. The Bertz CT molecular complexity index is 1070. The Kier molecular flexibility index (Phi) is 8.57. The van der Waals surface area contributed by atoms with Crippen LogP contribution in [0, 0.1) is 17.8 Å². The van der Waals surface area contributed by atoms with Crippen LogP contribution in [-0.2, 0) is 9.53 Å². The smallest absolute Gasteiger partial charge is 0.259 e. The number of carbonyl (C=O) groups is 2. The van der Waals surface area contributed by atoms with Gasteiger partial charge in [0.1, 0.15) is 18.3 Å². The highest BCUT2D eigenvalue weighted by Crippen LogP contribution is 2.27. The number of hydrogen-bond donors (Lipinski definition) is 1. The normalized spacial score (nSPS) is 18.5. The van der Waals surface area contributed by atoms with Gasteiger partial charge in [-0.1, -0.05) is 18.8 Å². The molecule has 2 aromatic heterocycles. The molecule has 3 rings (SSSR count). The molecule has 3 atom stereocenters. The molecule has 1 aliphatic heterocycles. The summed E-state index contributed by atoms with van der Waals surface area (Å²) in [5.41, 5.74) is 1.61.